The van der Waals surface area contributed by atoms with E-state index in [1.165, 1.54) is 9.05 Å². The Morgan fingerprint density at radius 2 is 1.52 bits per heavy atom. The van der Waals surface area contributed by atoms with Crippen molar-refractivity contribution in [1.29, 1.82) is 0 Å². The van der Waals surface area contributed by atoms with Gasteiger partial charge in [0.15, 0.2) is 0 Å². The number of benzene rings is 3. The molecule has 1 aromatic heterocycles. The molecule has 4 rings (SSSR count). The van der Waals surface area contributed by atoms with Crippen LogP contribution in [0.4, 0.5) is 0 Å². The molecule has 0 atom stereocenters. The van der Waals surface area contributed by atoms with Crippen LogP contribution < -0.4 is 9.05 Å². The summed E-state index contributed by atoms with van der Waals surface area (Å²) in [4.78, 5) is 0. The summed E-state index contributed by atoms with van der Waals surface area (Å²) in [7, 11) is 0. The van der Waals surface area contributed by atoms with Crippen molar-refractivity contribution in [2.24, 2.45) is 0 Å². The van der Waals surface area contributed by atoms with Gasteiger partial charge in [0.05, 0.1) is 0 Å². The third-order valence-corrected chi connectivity index (χ3v) is 6.08. The predicted molar refractivity (Wildman–Crippen MR) is 97.5 cm³/mol. The second kappa shape index (κ2) is 6.21. The summed E-state index contributed by atoms with van der Waals surface area (Å²) in [5.41, 5.74) is 2.05. The third kappa shape index (κ3) is 2.91. The molecule has 112 valence electrons. The van der Waals surface area contributed by atoms with Crippen LogP contribution in [0.15, 0.2) is 78.9 Å². The zero-order valence-corrected chi connectivity index (χ0v) is 14.7. The average molecular weight is 384 g/mol. The van der Waals surface area contributed by atoms with Gasteiger partial charge in [-0.3, -0.25) is 0 Å². The van der Waals surface area contributed by atoms with Gasteiger partial charge >= 0.3 is 146 Å². The number of para-hydroxylation sites is 1. The Bertz CT molecular complexity index is 949. The van der Waals surface area contributed by atoms with Crippen LogP contribution in [-0.2, 0) is 0 Å². The van der Waals surface area contributed by atoms with Crippen molar-refractivity contribution in [3.8, 4) is 5.69 Å². The molecule has 0 aliphatic carbocycles. The fourth-order valence-electron chi connectivity index (χ4n) is 2.48. The molecule has 3 aromatic carbocycles. The fraction of sp³-hybridized carbons (Fsp3) is 0. The maximum absolute atomic E-state index is 6.22. The van der Waals surface area contributed by atoms with E-state index >= 15 is 0 Å². The number of aromatic nitrogens is 2. The van der Waals surface area contributed by atoms with Gasteiger partial charge in [0, 0.05) is 0 Å². The molecule has 0 N–H and O–H groups in total. The molecule has 1 heterocycles. The van der Waals surface area contributed by atoms with Crippen molar-refractivity contribution < 1.29 is 0 Å². The molecule has 0 aliphatic heterocycles. The molecule has 4 aromatic rings. The fourth-order valence-corrected chi connectivity index (χ4v) is 4.79. The Kier molecular flexibility index (Phi) is 3.92. The Balaban J connectivity index is 1.93. The summed E-state index contributed by atoms with van der Waals surface area (Å²) in [6.07, 6.45) is 0. The first-order valence-electron chi connectivity index (χ1n) is 7.28. The van der Waals surface area contributed by atoms with Gasteiger partial charge in [0.2, 0.25) is 0 Å². The van der Waals surface area contributed by atoms with Crippen LogP contribution in [0.5, 0.6) is 0 Å². The van der Waals surface area contributed by atoms with E-state index in [4.69, 9.17) is 16.7 Å². The Hall–Kier alpha value is -2.06. The first-order chi connectivity index (χ1) is 11.3. The van der Waals surface area contributed by atoms with Crippen LogP contribution in [0.2, 0.25) is 5.02 Å². The van der Waals surface area contributed by atoms with E-state index in [0.29, 0.717) is 0 Å². The SMILES string of the molecule is Clc1ccc2nn(-c3ccccc3)c([Se]c3ccccc3)c2c1. The number of nitrogens with zero attached hydrogens (tertiary/aromatic N) is 2. The second-order valence-electron chi connectivity index (χ2n) is 5.13. The van der Waals surface area contributed by atoms with Crippen LogP contribution in [0, 0.1) is 0 Å². The summed E-state index contributed by atoms with van der Waals surface area (Å²) in [5, 5.41) is 6.67. The maximum atomic E-state index is 6.22. The molecule has 0 saturated heterocycles. The van der Waals surface area contributed by atoms with Gasteiger partial charge in [-0.25, -0.2) is 0 Å². The van der Waals surface area contributed by atoms with E-state index in [2.05, 4.69) is 36.4 Å². The van der Waals surface area contributed by atoms with E-state index in [0.717, 1.165) is 21.6 Å². The Morgan fingerprint density at radius 1 is 0.826 bits per heavy atom. The van der Waals surface area contributed by atoms with E-state index in [9.17, 15) is 0 Å². The van der Waals surface area contributed by atoms with E-state index in [1.807, 2.05) is 47.1 Å². The van der Waals surface area contributed by atoms with Gasteiger partial charge in [-0.2, -0.15) is 0 Å². The van der Waals surface area contributed by atoms with Crippen molar-refractivity contribution in [3.05, 3.63) is 83.9 Å². The third-order valence-electron chi connectivity index (χ3n) is 3.55. The van der Waals surface area contributed by atoms with E-state index < -0.39 is 0 Å². The van der Waals surface area contributed by atoms with Gasteiger partial charge < -0.3 is 0 Å². The van der Waals surface area contributed by atoms with Crippen LogP contribution in [-0.4, -0.2) is 24.7 Å². The summed E-state index contributed by atoms with van der Waals surface area (Å²) in [6, 6.07) is 26.7. The van der Waals surface area contributed by atoms with E-state index in [1.54, 1.807) is 0 Å². The zero-order valence-electron chi connectivity index (χ0n) is 12.2. The van der Waals surface area contributed by atoms with E-state index in [-0.39, 0.29) is 15.0 Å². The Morgan fingerprint density at radius 3 is 2.26 bits per heavy atom. The molecule has 0 aliphatic rings. The molecule has 0 bridgehead atoms. The molecule has 0 spiro atoms. The quantitative estimate of drug-likeness (QED) is 0.496. The minimum absolute atomic E-state index is 0.149. The van der Waals surface area contributed by atoms with Crippen LogP contribution in [0.1, 0.15) is 0 Å². The Labute approximate surface area is 145 Å². The molecule has 0 fully saturated rings. The standard InChI is InChI=1S/C19H13ClN2Se/c20-14-11-12-18-17(13-14)19(23-16-9-5-2-6-10-16)22(21-18)15-7-3-1-4-8-15/h1-13H. The van der Waals surface area contributed by atoms with Crippen LogP contribution >= 0.6 is 11.6 Å². The molecule has 2 nitrogen and oxygen atoms in total. The average Bonchev–Trinajstić information content (AvgIpc) is 2.95. The van der Waals surface area contributed by atoms with Crippen LogP contribution in [0.25, 0.3) is 16.6 Å². The molecular formula is C19H13ClN2Se. The minimum atomic E-state index is 0.149. The first kappa shape index (κ1) is 14.5. The number of hydrogen-bond donors (Lipinski definition) is 0. The predicted octanol–water partition coefficient (Wildman–Crippen LogP) is 3.33. The number of hydrogen-bond acceptors (Lipinski definition) is 1. The normalized spacial score (nSPS) is 11.0. The monoisotopic (exact) mass is 384 g/mol. The number of fused-ring (bicyclic) bond motifs is 1. The summed E-state index contributed by atoms with van der Waals surface area (Å²) in [6.45, 7) is 0. The van der Waals surface area contributed by atoms with Crippen molar-refractivity contribution in [3.63, 3.8) is 0 Å². The molecule has 0 amide bonds. The molecule has 0 saturated carbocycles. The molecular weight excluding hydrogens is 371 g/mol. The van der Waals surface area contributed by atoms with Crippen molar-refractivity contribution in [1.82, 2.24) is 9.78 Å². The van der Waals surface area contributed by atoms with Gasteiger partial charge in [0.1, 0.15) is 0 Å². The van der Waals surface area contributed by atoms with Crippen LogP contribution in [0.3, 0.4) is 0 Å². The first-order valence-corrected chi connectivity index (χ1v) is 9.37. The molecule has 23 heavy (non-hydrogen) atoms. The topological polar surface area (TPSA) is 17.8 Å². The second-order valence-corrected chi connectivity index (χ2v) is 7.79. The van der Waals surface area contributed by atoms with Crippen molar-refractivity contribution in [2.45, 2.75) is 0 Å². The summed E-state index contributed by atoms with van der Waals surface area (Å²) >= 11 is 6.37. The summed E-state index contributed by atoms with van der Waals surface area (Å²) < 4.78 is 4.58. The zero-order chi connectivity index (χ0) is 15.6. The number of rotatable bonds is 3. The van der Waals surface area contributed by atoms with Gasteiger partial charge in [-0.1, -0.05) is 0 Å². The molecule has 0 unspecified atom stereocenters. The van der Waals surface area contributed by atoms with Crippen molar-refractivity contribution in [2.75, 3.05) is 0 Å². The summed E-state index contributed by atoms with van der Waals surface area (Å²) in [5.74, 6) is 0. The van der Waals surface area contributed by atoms with Gasteiger partial charge in [0.25, 0.3) is 0 Å². The number of halogens is 1. The van der Waals surface area contributed by atoms with Gasteiger partial charge in [-0.05, 0) is 0 Å². The van der Waals surface area contributed by atoms with Crippen molar-refractivity contribution >= 4 is 46.5 Å². The molecule has 0 radical (unpaired) electrons. The van der Waals surface area contributed by atoms with Gasteiger partial charge in [-0.15, -0.1) is 0 Å². The molecule has 4 heteroatoms.